The highest BCUT2D eigenvalue weighted by molar-refractivity contribution is 5.99. The summed E-state index contributed by atoms with van der Waals surface area (Å²) >= 11 is 0. The lowest BCUT2D eigenvalue weighted by Gasteiger charge is -2.36. The number of carbonyl (C=O) groups is 1. The van der Waals surface area contributed by atoms with Gasteiger partial charge in [0.2, 0.25) is 5.89 Å². The molecule has 2 aromatic carbocycles. The Balaban J connectivity index is 1.38. The molecule has 42 heavy (non-hydrogen) atoms. The molecule has 1 fully saturated rings. The zero-order chi connectivity index (χ0) is 30.1. The summed E-state index contributed by atoms with van der Waals surface area (Å²) in [5.74, 6) is 0.907. The van der Waals surface area contributed by atoms with Crippen molar-refractivity contribution in [1.29, 1.82) is 0 Å². The Hall–Kier alpha value is -4.28. The van der Waals surface area contributed by atoms with E-state index in [1.54, 1.807) is 6.92 Å². The maximum atomic E-state index is 13.4. The number of aryl methyl sites for hydroxylation is 1. The molecule has 0 spiro atoms. The van der Waals surface area contributed by atoms with Crippen molar-refractivity contribution < 1.29 is 31.9 Å². The van der Waals surface area contributed by atoms with Crippen LogP contribution in [0.4, 0.5) is 13.2 Å². The number of hydrazone groups is 1. The molecule has 2 atom stereocenters. The van der Waals surface area contributed by atoms with Gasteiger partial charge in [-0.3, -0.25) is 9.80 Å². The number of piperidine rings is 1. The van der Waals surface area contributed by atoms with E-state index in [-0.39, 0.29) is 31.6 Å². The Kier molecular flexibility index (Phi) is 10.3. The zero-order valence-electron chi connectivity index (χ0n) is 23.6. The Morgan fingerprint density at radius 3 is 2.60 bits per heavy atom. The Labute approximate surface area is 243 Å². The first-order valence-corrected chi connectivity index (χ1v) is 13.9. The van der Waals surface area contributed by atoms with Gasteiger partial charge in [-0.2, -0.15) is 18.3 Å². The molecule has 1 aliphatic heterocycles. The number of alkyl halides is 3. The first kappa shape index (κ1) is 30.7. The summed E-state index contributed by atoms with van der Waals surface area (Å²) in [4.78, 5) is 17.3. The molecule has 8 nitrogen and oxygen atoms in total. The fourth-order valence-corrected chi connectivity index (χ4v) is 4.95. The zero-order valence-corrected chi connectivity index (χ0v) is 23.6. The summed E-state index contributed by atoms with van der Waals surface area (Å²) < 4.78 is 57.1. The van der Waals surface area contributed by atoms with Crippen LogP contribution in [0, 0.1) is 18.8 Å². The van der Waals surface area contributed by atoms with E-state index < -0.39 is 17.8 Å². The van der Waals surface area contributed by atoms with E-state index in [0.717, 1.165) is 34.9 Å². The molecule has 0 saturated carbocycles. The van der Waals surface area contributed by atoms with Crippen LogP contribution >= 0.6 is 0 Å². The number of nitrogens with two attached hydrogens (primary N) is 1. The van der Waals surface area contributed by atoms with Gasteiger partial charge in [0.05, 0.1) is 24.8 Å². The van der Waals surface area contributed by atoms with Crippen molar-refractivity contribution in [3.63, 3.8) is 0 Å². The molecule has 3 aromatic rings. The molecule has 2 heterocycles. The number of oxazole rings is 1. The highest BCUT2D eigenvalue weighted by Crippen LogP contribution is 2.30. The third kappa shape index (κ3) is 8.14. The molecular weight excluding hydrogens is 549 g/mol. The summed E-state index contributed by atoms with van der Waals surface area (Å²) in [7, 11) is 0. The lowest BCUT2D eigenvalue weighted by Crippen LogP contribution is -2.43. The number of rotatable bonds is 11. The highest BCUT2D eigenvalue weighted by Gasteiger charge is 2.38. The van der Waals surface area contributed by atoms with E-state index in [4.69, 9.17) is 19.6 Å². The number of esters is 1. The molecule has 2 N–H and O–H groups in total. The summed E-state index contributed by atoms with van der Waals surface area (Å²) in [6, 6.07) is 17.2. The van der Waals surface area contributed by atoms with Gasteiger partial charge in [0.25, 0.3) is 0 Å². The smallest absolute Gasteiger partial charge is 0.435 e. The maximum absolute atomic E-state index is 13.4. The van der Waals surface area contributed by atoms with Crippen LogP contribution in [0.3, 0.4) is 0 Å². The molecule has 1 aliphatic rings. The number of nitrogens with zero attached hydrogens (tertiary/aromatic N) is 3. The lowest BCUT2D eigenvalue weighted by molar-refractivity contribution is -0.152. The van der Waals surface area contributed by atoms with Crippen molar-refractivity contribution in [1.82, 2.24) is 9.99 Å². The van der Waals surface area contributed by atoms with Crippen LogP contribution in [-0.2, 0) is 22.4 Å². The number of hydrogen-bond acceptors (Lipinski definition) is 8. The predicted molar refractivity (Wildman–Crippen MR) is 153 cm³/mol. The molecule has 1 saturated heterocycles. The highest BCUT2D eigenvalue weighted by atomic mass is 19.4. The molecule has 1 aromatic heterocycles. The second-order valence-electron chi connectivity index (χ2n) is 10.00. The Morgan fingerprint density at radius 1 is 1.19 bits per heavy atom. The first-order chi connectivity index (χ1) is 20.2. The van der Waals surface area contributed by atoms with Crippen molar-refractivity contribution in [2.75, 3.05) is 26.3 Å². The van der Waals surface area contributed by atoms with Gasteiger partial charge in [0.15, 0.2) is 5.71 Å². The van der Waals surface area contributed by atoms with E-state index in [9.17, 15) is 18.0 Å². The minimum atomic E-state index is -4.64. The van der Waals surface area contributed by atoms with E-state index >= 15 is 0 Å². The number of carbonyl (C=O) groups excluding carboxylic acids is 1. The van der Waals surface area contributed by atoms with Crippen molar-refractivity contribution in [2.24, 2.45) is 22.7 Å². The number of aromatic nitrogens is 1. The van der Waals surface area contributed by atoms with Crippen LogP contribution in [0.1, 0.15) is 30.4 Å². The van der Waals surface area contributed by atoms with Gasteiger partial charge < -0.3 is 19.6 Å². The summed E-state index contributed by atoms with van der Waals surface area (Å²) in [6.45, 7) is 4.61. The standard InChI is InChI=1S/C31H35F3N4O4/c1-3-40-30(39)26-14-17-38(37-28(13-16-35)31(32,33)34)20-24(26)19-22-9-11-25(12-10-22)41-18-15-27-21(2)42-29(36-27)23-7-5-4-6-8-23/h4-13,16,24,26H,3,14-15,17-20,35H2,1-2H3/t24-,26?/m1/s1. The van der Waals surface area contributed by atoms with E-state index in [0.29, 0.717) is 37.5 Å². The van der Waals surface area contributed by atoms with E-state index in [1.165, 1.54) is 5.01 Å². The van der Waals surface area contributed by atoms with E-state index in [1.807, 2.05) is 61.5 Å². The SMILES string of the molecule is CCOC(=O)C1CCN(N=C(C=CN)C(F)(F)F)C[C@H]1Cc1ccc(OCCc2nc(-c3ccccc3)oc2C)cc1. The molecule has 0 amide bonds. The quantitative estimate of drug-likeness (QED) is 0.228. The molecule has 1 unspecified atom stereocenters. The van der Waals surface area contributed by atoms with Crippen molar-refractivity contribution in [2.45, 2.75) is 39.3 Å². The minimum Gasteiger partial charge on any atom is -0.493 e. The molecule has 0 radical (unpaired) electrons. The Bertz CT molecular complexity index is 1370. The fourth-order valence-electron chi connectivity index (χ4n) is 4.95. The summed E-state index contributed by atoms with van der Waals surface area (Å²) in [5, 5.41) is 5.16. The number of benzene rings is 2. The molecule has 224 valence electrons. The first-order valence-electron chi connectivity index (χ1n) is 13.9. The molecule has 11 heteroatoms. The van der Waals surface area contributed by atoms with Crippen LogP contribution in [0.15, 0.2) is 76.4 Å². The van der Waals surface area contributed by atoms with Crippen LogP contribution in [0.5, 0.6) is 5.75 Å². The van der Waals surface area contributed by atoms with Gasteiger partial charge in [0, 0.05) is 25.1 Å². The second kappa shape index (κ2) is 14.1. The predicted octanol–water partition coefficient (Wildman–Crippen LogP) is 5.71. The Morgan fingerprint density at radius 2 is 1.93 bits per heavy atom. The molecule has 0 aliphatic carbocycles. The number of ether oxygens (including phenoxy) is 2. The third-order valence-electron chi connectivity index (χ3n) is 7.04. The maximum Gasteiger partial charge on any atom is 0.435 e. The van der Waals surface area contributed by atoms with Crippen molar-refractivity contribution >= 4 is 11.7 Å². The van der Waals surface area contributed by atoms with Crippen LogP contribution in [0.2, 0.25) is 0 Å². The van der Waals surface area contributed by atoms with Gasteiger partial charge in [-0.15, -0.1) is 0 Å². The van der Waals surface area contributed by atoms with Gasteiger partial charge in [0.1, 0.15) is 11.5 Å². The van der Waals surface area contributed by atoms with Crippen LogP contribution in [0.25, 0.3) is 11.5 Å². The van der Waals surface area contributed by atoms with Gasteiger partial charge in [-0.25, -0.2) is 4.98 Å². The number of halogens is 3. The summed E-state index contributed by atoms with van der Waals surface area (Å²) in [5.41, 5.74) is 6.78. The van der Waals surface area contributed by atoms with Gasteiger partial charge >= 0.3 is 12.1 Å². The van der Waals surface area contributed by atoms with Gasteiger partial charge in [-0.1, -0.05) is 30.3 Å². The van der Waals surface area contributed by atoms with Crippen molar-refractivity contribution in [3.05, 3.63) is 83.9 Å². The van der Waals surface area contributed by atoms with Crippen LogP contribution < -0.4 is 10.5 Å². The van der Waals surface area contributed by atoms with Crippen molar-refractivity contribution in [3.8, 4) is 17.2 Å². The minimum absolute atomic E-state index is 0.168. The normalized spacial score (nSPS) is 17.9. The third-order valence-corrected chi connectivity index (χ3v) is 7.04. The largest absolute Gasteiger partial charge is 0.493 e. The monoisotopic (exact) mass is 584 g/mol. The van der Waals surface area contributed by atoms with E-state index in [2.05, 4.69) is 10.1 Å². The molecular formula is C31H35F3N4O4. The van der Waals surface area contributed by atoms with Crippen LogP contribution in [-0.4, -0.2) is 54.2 Å². The number of allylic oxidation sites excluding steroid dienone is 1. The average molecular weight is 585 g/mol. The molecule has 4 rings (SSSR count). The summed E-state index contributed by atoms with van der Waals surface area (Å²) in [6.07, 6.45) is -1.73. The van der Waals surface area contributed by atoms with Gasteiger partial charge in [-0.05, 0) is 74.7 Å². The molecule has 0 bridgehead atoms. The number of hydrogen-bond donors (Lipinski definition) is 1. The topological polar surface area (TPSA) is 103 Å². The fraction of sp³-hybridized carbons (Fsp3) is 0.387. The second-order valence-corrected chi connectivity index (χ2v) is 10.00. The average Bonchev–Trinajstić information content (AvgIpc) is 3.34. The lowest BCUT2D eigenvalue weighted by atomic mass is 9.82.